The van der Waals surface area contributed by atoms with Crippen molar-refractivity contribution >= 4 is 39.3 Å². The fourth-order valence-electron chi connectivity index (χ4n) is 6.66. The summed E-state index contributed by atoms with van der Waals surface area (Å²) in [5.74, 6) is 0.578. The van der Waals surface area contributed by atoms with Crippen LogP contribution < -0.4 is 0 Å². The van der Waals surface area contributed by atoms with Crippen molar-refractivity contribution in [1.82, 2.24) is 8.61 Å². The molecule has 2 saturated heterocycles. The molecule has 16 heteroatoms. The Morgan fingerprint density at radius 2 is 1.09 bits per heavy atom. The highest BCUT2D eigenvalue weighted by molar-refractivity contribution is 7.89. The Kier molecular flexibility index (Phi) is 8.88. The Morgan fingerprint density at radius 1 is 0.705 bits per heavy atom. The van der Waals surface area contributed by atoms with E-state index in [1.54, 1.807) is 0 Å². The van der Waals surface area contributed by atoms with E-state index in [0.29, 0.717) is 26.2 Å². The van der Waals surface area contributed by atoms with Crippen LogP contribution in [0.15, 0.2) is 56.5 Å². The van der Waals surface area contributed by atoms with Crippen molar-refractivity contribution in [1.29, 1.82) is 0 Å². The topological polar surface area (TPSA) is 186 Å². The number of rotatable bonds is 6. The van der Waals surface area contributed by atoms with Gasteiger partial charge in [0.2, 0.25) is 20.0 Å². The summed E-state index contributed by atoms with van der Waals surface area (Å²) in [6, 6.07) is 8.14. The third-order valence-corrected chi connectivity index (χ3v) is 12.2. The Labute approximate surface area is 257 Å². The lowest BCUT2D eigenvalue weighted by Crippen LogP contribution is -2.42. The summed E-state index contributed by atoms with van der Waals surface area (Å²) >= 11 is 0. The van der Waals surface area contributed by atoms with Crippen molar-refractivity contribution in [2.24, 2.45) is 34.0 Å². The molecule has 0 radical (unpaired) electrons. The van der Waals surface area contributed by atoms with E-state index in [1.165, 1.54) is 45.0 Å². The van der Waals surface area contributed by atoms with Gasteiger partial charge in [-0.25, -0.2) is 21.4 Å². The lowest BCUT2D eigenvalue weighted by molar-refractivity contribution is 0.205. The molecule has 0 aromatic heterocycles. The van der Waals surface area contributed by atoms with Crippen LogP contribution in [0.2, 0.25) is 0 Å². The molecule has 0 bridgehead atoms. The van der Waals surface area contributed by atoms with Crippen molar-refractivity contribution in [3.05, 3.63) is 58.7 Å². The van der Waals surface area contributed by atoms with Gasteiger partial charge in [0.1, 0.15) is 11.4 Å². The lowest BCUT2D eigenvalue weighted by atomic mass is 9.83. The highest BCUT2D eigenvalue weighted by atomic mass is 32.2. The quantitative estimate of drug-likeness (QED) is 0.201. The molecular formula is C28H37N4O9PS2. The molecule has 3 N–H and O–H groups in total. The fraction of sp³-hybridized carbons (Fsp3) is 0.500. The number of phosphoric acid groups is 1. The smallest absolute Gasteiger partial charge is 0.410 e. The molecule has 0 amide bonds. The molecule has 2 aromatic carbocycles. The van der Waals surface area contributed by atoms with Crippen LogP contribution >= 0.6 is 7.82 Å². The number of hydrogen-bond acceptors (Lipinski definition) is 9. The van der Waals surface area contributed by atoms with E-state index in [2.05, 4.69) is 14.9 Å². The minimum Gasteiger partial charge on any atom is -0.410 e. The summed E-state index contributed by atoms with van der Waals surface area (Å²) in [5, 5.41) is 17.2. The summed E-state index contributed by atoms with van der Waals surface area (Å²) in [6.45, 7) is 9.22. The van der Waals surface area contributed by atoms with Crippen LogP contribution in [0.1, 0.15) is 62.8 Å². The van der Waals surface area contributed by atoms with E-state index in [4.69, 9.17) is 0 Å². The van der Waals surface area contributed by atoms with Crippen LogP contribution in [-0.2, 0) is 29.2 Å². The van der Waals surface area contributed by atoms with Crippen LogP contribution in [0.25, 0.3) is 0 Å². The van der Waals surface area contributed by atoms with Gasteiger partial charge in [-0.1, -0.05) is 50.1 Å². The van der Waals surface area contributed by atoms with E-state index in [1.807, 2.05) is 27.7 Å². The molecule has 3 aliphatic rings. The molecule has 13 nitrogen and oxygen atoms in total. The molecule has 2 heterocycles. The van der Waals surface area contributed by atoms with Crippen LogP contribution in [0.3, 0.4) is 0 Å². The molecule has 240 valence electrons. The van der Waals surface area contributed by atoms with Crippen molar-refractivity contribution in [2.75, 3.05) is 26.2 Å². The summed E-state index contributed by atoms with van der Waals surface area (Å²) in [6.07, 6.45) is 1.78. The van der Waals surface area contributed by atoms with Gasteiger partial charge >= 0.3 is 7.82 Å². The number of benzene rings is 2. The normalized spacial score (nSPS) is 25.2. The minimum absolute atomic E-state index is 0.00143. The van der Waals surface area contributed by atoms with Gasteiger partial charge < -0.3 is 5.21 Å². The van der Waals surface area contributed by atoms with Crippen LogP contribution in [0, 0.1) is 23.7 Å². The number of sulfonamides is 2. The van der Waals surface area contributed by atoms with Crippen LogP contribution in [-0.4, -0.2) is 78.0 Å². The first-order valence-corrected chi connectivity index (χ1v) is 18.8. The summed E-state index contributed by atoms with van der Waals surface area (Å²) < 4.78 is 74.1. The predicted molar refractivity (Wildman–Crippen MR) is 162 cm³/mol. The Balaban J connectivity index is 1.66. The van der Waals surface area contributed by atoms with Gasteiger partial charge in [0, 0.05) is 48.4 Å². The number of nitrogens with zero attached hydrogens (tertiary/aromatic N) is 4. The third kappa shape index (κ3) is 6.37. The van der Waals surface area contributed by atoms with Crippen molar-refractivity contribution in [2.45, 2.75) is 50.3 Å². The van der Waals surface area contributed by atoms with E-state index >= 15 is 0 Å². The fourth-order valence-corrected chi connectivity index (χ4v) is 10.3. The number of fused-ring (bicyclic) bond motifs is 2. The number of oxime groups is 2. The lowest BCUT2D eigenvalue weighted by Gasteiger charge is -2.34. The molecule has 2 aliphatic heterocycles. The zero-order valence-electron chi connectivity index (χ0n) is 24.9. The van der Waals surface area contributed by atoms with Crippen molar-refractivity contribution in [3.63, 3.8) is 0 Å². The van der Waals surface area contributed by atoms with Gasteiger partial charge in [0.05, 0.1) is 9.79 Å². The van der Waals surface area contributed by atoms with E-state index in [9.17, 15) is 36.4 Å². The van der Waals surface area contributed by atoms with Crippen molar-refractivity contribution < 1.29 is 41.0 Å². The molecule has 4 atom stereocenters. The van der Waals surface area contributed by atoms with E-state index < -0.39 is 27.9 Å². The number of piperidine rings is 2. The van der Waals surface area contributed by atoms with Crippen LogP contribution in [0.5, 0.6) is 0 Å². The predicted octanol–water partition coefficient (Wildman–Crippen LogP) is 3.42. The summed E-state index contributed by atoms with van der Waals surface area (Å²) in [7, 11) is -13.2. The number of hydrogen-bond donors (Lipinski definition) is 3. The average molecular weight is 669 g/mol. The van der Waals surface area contributed by atoms with Gasteiger partial charge in [-0.15, -0.1) is 0 Å². The highest BCUT2D eigenvalue weighted by Gasteiger charge is 2.37. The molecule has 2 fully saturated rings. The Hall–Kier alpha value is -2.65. The summed E-state index contributed by atoms with van der Waals surface area (Å²) in [4.78, 5) is 18.7. The first-order chi connectivity index (χ1) is 20.5. The maximum atomic E-state index is 13.8. The Bertz CT molecular complexity index is 1660. The monoisotopic (exact) mass is 668 g/mol. The third-order valence-electron chi connectivity index (χ3n) is 8.29. The van der Waals surface area contributed by atoms with Crippen LogP contribution in [0.4, 0.5) is 0 Å². The van der Waals surface area contributed by atoms with Gasteiger partial charge in [0.15, 0.2) is 0 Å². The van der Waals surface area contributed by atoms with E-state index in [-0.39, 0.29) is 67.1 Å². The SMILES string of the molecule is C[C@@H]1C[C@H](C)CN(S(=O)(=O)c2ccc3c(c2)C(=NOP(=O)(O)O)c2cc(S(=O)(=O)N4C[C@H](C)C[C@H](C)C4)ccc2C3=NO)C1. The zero-order chi connectivity index (χ0) is 32.2. The summed E-state index contributed by atoms with van der Waals surface area (Å²) in [5.41, 5.74) is 0.266. The zero-order valence-corrected chi connectivity index (χ0v) is 27.4. The molecular weight excluding hydrogens is 631 g/mol. The van der Waals surface area contributed by atoms with Gasteiger partial charge in [0.25, 0.3) is 0 Å². The second-order valence-electron chi connectivity index (χ2n) is 12.4. The molecule has 1 aliphatic carbocycles. The standard InChI is InChI=1S/C28H37N4O9PS2/c1-17-9-18(2)14-31(13-17)43(37,38)21-5-7-23-25(11-21)28(30-41-42(34,35)36)26-12-22(6-8-24(26)27(23)29-33)44(39,40)32-15-19(3)10-20(4)16-32/h5-8,11-12,17-20,33H,9-10,13-16H2,1-4H3,(H2,34,35,36)/t17-,18+,19-,20+. The average Bonchev–Trinajstić information content (AvgIpc) is 2.93. The molecule has 0 saturated carbocycles. The van der Waals surface area contributed by atoms with Gasteiger partial charge in [-0.05, 0) is 60.8 Å². The maximum Gasteiger partial charge on any atom is 0.545 e. The minimum atomic E-state index is -5.16. The molecule has 0 unspecified atom stereocenters. The highest BCUT2D eigenvalue weighted by Crippen LogP contribution is 2.39. The first kappa shape index (κ1) is 32.7. The Morgan fingerprint density at radius 3 is 1.43 bits per heavy atom. The largest absolute Gasteiger partial charge is 0.545 e. The van der Waals surface area contributed by atoms with Gasteiger partial charge in [-0.2, -0.15) is 8.61 Å². The van der Waals surface area contributed by atoms with Gasteiger partial charge in [-0.3, -0.25) is 14.4 Å². The molecule has 5 rings (SSSR count). The second-order valence-corrected chi connectivity index (χ2v) is 17.4. The molecule has 44 heavy (non-hydrogen) atoms. The maximum absolute atomic E-state index is 13.8. The second kappa shape index (κ2) is 11.9. The van der Waals surface area contributed by atoms with Crippen molar-refractivity contribution in [3.8, 4) is 0 Å². The molecule has 2 aromatic rings. The molecule has 0 spiro atoms. The first-order valence-electron chi connectivity index (χ1n) is 14.4. The van der Waals surface area contributed by atoms with E-state index in [0.717, 1.165) is 12.8 Å².